The monoisotopic (exact) mass is 419 g/mol. The van der Waals surface area contributed by atoms with Gasteiger partial charge in [-0.15, -0.1) is 0 Å². The molecule has 28 heavy (non-hydrogen) atoms. The third-order valence-corrected chi connectivity index (χ3v) is 6.74. The Kier molecular flexibility index (Phi) is 15.2. The highest BCUT2D eigenvalue weighted by Gasteiger charge is 2.33. The molecule has 0 aromatic rings. The van der Waals surface area contributed by atoms with Gasteiger partial charge in [0.25, 0.3) is 0 Å². The Labute approximate surface area is 173 Å². The Morgan fingerprint density at radius 1 is 0.857 bits per heavy atom. The summed E-state index contributed by atoms with van der Waals surface area (Å²) in [4.78, 5) is 25.9. The molecule has 0 aromatic carbocycles. The van der Waals surface area contributed by atoms with Crippen molar-refractivity contribution >= 4 is 14.1 Å². The van der Waals surface area contributed by atoms with Crippen molar-refractivity contribution in [3.8, 4) is 0 Å². The summed E-state index contributed by atoms with van der Waals surface area (Å²) in [7, 11) is -2.11. The Bertz CT molecular complexity index is 387. The van der Waals surface area contributed by atoms with Crippen LogP contribution in [0.4, 0.5) is 0 Å². The van der Waals surface area contributed by atoms with Gasteiger partial charge in [-0.2, -0.15) is 13.6 Å². The molecular formula is C21H42NO5P. The number of nitrogens with zero attached hydrogens (tertiary/aromatic N) is 1. The zero-order valence-electron chi connectivity index (χ0n) is 18.2. The van der Waals surface area contributed by atoms with Gasteiger partial charge in [0.2, 0.25) is 5.91 Å². The van der Waals surface area contributed by atoms with E-state index < -0.39 is 8.17 Å². The van der Waals surface area contributed by atoms with Crippen molar-refractivity contribution in [3.63, 3.8) is 0 Å². The molecule has 1 rings (SSSR count). The van der Waals surface area contributed by atoms with Crippen LogP contribution >= 0.6 is 8.17 Å². The molecule has 0 aromatic heterocycles. The summed E-state index contributed by atoms with van der Waals surface area (Å²) in [6, 6.07) is 0. The number of amides is 1. The van der Waals surface area contributed by atoms with Crippen molar-refractivity contribution in [3.05, 3.63) is 0 Å². The topological polar surface area (TPSA) is 71.1 Å². The molecule has 1 heterocycles. The maximum atomic E-state index is 12.3. The van der Waals surface area contributed by atoms with Gasteiger partial charge < -0.3 is 9.79 Å². The second-order valence-corrected chi connectivity index (χ2v) is 9.45. The molecule has 0 N–H and O–H groups in total. The fourth-order valence-electron chi connectivity index (χ4n) is 3.48. The molecule has 0 unspecified atom stereocenters. The first-order valence-corrected chi connectivity index (χ1v) is 12.8. The maximum Gasteiger partial charge on any atom is 0.379 e. The smallest absolute Gasteiger partial charge is 0.379 e. The predicted molar refractivity (Wildman–Crippen MR) is 113 cm³/mol. The number of phosphoric acid groups is 1. The SMILES string of the molecule is CCCCCCCCCCCCCCCC(=O)N1CCO[P+]([O-])(OC)OCC1. The molecule has 7 heteroatoms. The maximum absolute atomic E-state index is 12.3. The fraction of sp³-hybridized carbons (Fsp3) is 0.952. The third kappa shape index (κ3) is 12.3. The van der Waals surface area contributed by atoms with Gasteiger partial charge >= 0.3 is 8.17 Å². The first-order chi connectivity index (χ1) is 13.6. The average Bonchev–Trinajstić information content (AvgIpc) is 2.68. The van der Waals surface area contributed by atoms with E-state index >= 15 is 0 Å². The van der Waals surface area contributed by atoms with Crippen molar-refractivity contribution in [1.29, 1.82) is 0 Å². The number of carbonyl (C=O) groups is 1. The van der Waals surface area contributed by atoms with Crippen molar-refractivity contribution in [2.24, 2.45) is 0 Å². The van der Waals surface area contributed by atoms with Crippen LogP contribution in [0.2, 0.25) is 0 Å². The van der Waals surface area contributed by atoms with E-state index in [9.17, 15) is 9.69 Å². The highest BCUT2D eigenvalue weighted by Crippen LogP contribution is 2.52. The van der Waals surface area contributed by atoms with Gasteiger partial charge in [0.1, 0.15) is 13.2 Å². The lowest BCUT2D eigenvalue weighted by molar-refractivity contribution is -0.248. The van der Waals surface area contributed by atoms with Crippen molar-refractivity contribution in [1.82, 2.24) is 4.90 Å². The molecule has 6 nitrogen and oxygen atoms in total. The van der Waals surface area contributed by atoms with Gasteiger partial charge in [-0.05, 0) is 6.42 Å². The first-order valence-electron chi connectivity index (χ1n) is 11.3. The largest absolute Gasteiger partial charge is 0.606 e. The summed E-state index contributed by atoms with van der Waals surface area (Å²) < 4.78 is 15.0. The zero-order chi connectivity index (χ0) is 20.5. The van der Waals surface area contributed by atoms with E-state index in [1.54, 1.807) is 4.90 Å². The van der Waals surface area contributed by atoms with Crippen molar-refractivity contribution in [2.45, 2.75) is 96.8 Å². The summed E-state index contributed by atoms with van der Waals surface area (Å²) in [5.41, 5.74) is 0. The van der Waals surface area contributed by atoms with Crippen LogP contribution in [0.5, 0.6) is 0 Å². The van der Waals surface area contributed by atoms with Gasteiger partial charge in [-0.1, -0.05) is 84.0 Å². The molecule has 0 bridgehead atoms. The Morgan fingerprint density at radius 2 is 1.29 bits per heavy atom. The summed E-state index contributed by atoms with van der Waals surface area (Å²) >= 11 is 0. The lowest BCUT2D eigenvalue weighted by atomic mass is 10.0. The van der Waals surface area contributed by atoms with Crippen molar-refractivity contribution in [2.75, 3.05) is 33.4 Å². The van der Waals surface area contributed by atoms with Crippen LogP contribution in [0.25, 0.3) is 0 Å². The quantitative estimate of drug-likeness (QED) is 0.275. The van der Waals surface area contributed by atoms with E-state index in [1.807, 2.05) is 0 Å². The average molecular weight is 420 g/mol. The molecular weight excluding hydrogens is 377 g/mol. The Hall–Kier alpha value is -0.260. The van der Waals surface area contributed by atoms with Gasteiger partial charge in [-0.25, -0.2) is 0 Å². The van der Waals surface area contributed by atoms with E-state index in [0.29, 0.717) is 19.5 Å². The first kappa shape index (κ1) is 25.8. The minimum absolute atomic E-state index is 0.129. The molecule has 1 aliphatic rings. The van der Waals surface area contributed by atoms with E-state index in [0.717, 1.165) is 12.8 Å². The highest BCUT2D eigenvalue weighted by molar-refractivity contribution is 7.53. The third-order valence-electron chi connectivity index (χ3n) is 5.29. The molecule has 0 aliphatic carbocycles. The summed E-state index contributed by atoms with van der Waals surface area (Å²) in [5, 5.41) is 0. The number of phosphoric ester groups is 1. The molecule has 1 amide bonds. The van der Waals surface area contributed by atoms with Gasteiger partial charge in [0, 0.05) is 19.5 Å². The number of carbonyl (C=O) groups excluding carboxylic acids is 1. The van der Waals surface area contributed by atoms with E-state index in [1.165, 1.54) is 77.7 Å². The van der Waals surface area contributed by atoms with E-state index in [2.05, 4.69) is 6.92 Å². The number of hydrogen-bond acceptors (Lipinski definition) is 5. The molecule has 0 saturated carbocycles. The van der Waals surface area contributed by atoms with Crippen LogP contribution < -0.4 is 4.89 Å². The van der Waals surface area contributed by atoms with Gasteiger partial charge in [-0.3, -0.25) is 4.79 Å². The number of rotatable bonds is 15. The molecule has 166 valence electrons. The van der Waals surface area contributed by atoms with Crippen LogP contribution in [0, 0.1) is 0 Å². The normalized spacial score (nSPS) is 17.3. The van der Waals surface area contributed by atoms with Crippen LogP contribution in [-0.4, -0.2) is 44.2 Å². The van der Waals surface area contributed by atoms with Crippen LogP contribution in [-0.2, 0) is 18.4 Å². The van der Waals surface area contributed by atoms with Crippen LogP contribution in [0.3, 0.4) is 0 Å². The summed E-state index contributed by atoms with van der Waals surface area (Å²) in [6.07, 6.45) is 17.5. The summed E-state index contributed by atoms with van der Waals surface area (Å²) in [6.45, 7) is 3.49. The Morgan fingerprint density at radius 3 is 1.71 bits per heavy atom. The second-order valence-electron chi connectivity index (χ2n) is 7.67. The van der Waals surface area contributed by atoms with Gasteiger partial charge in [0.15, 0.2) is 0 Å². The number of unbranched alkanes of at least 4 members (excludes halogenated alkanes) is 12. The predicted octanol–water partition coefficient (Wildman–Crippen LogP) is 5.03. The number of hydrogen-bond donors (Lipinski definition) is 0. The van der Waals surface area contributed by atoms with Gasteiger partial charge in [0.05, 0.1) is 7.11 Å². The second kappa shape index (κ2) is 16.5. The lowest BCUT2D eigenvalue weighted by Crippen LogP contribution is -2.39. The molecule has 1 fully saturated rings. The minimum Gasteiger partial charge on any atom is -0.606 e. The fourth-order valence-corrected chi connectivity index (χ4v) is 4.38. The standard InChI is InChI=1S/C21H42NO5P/c1-3-4-5-6-7-8-9-10-11-12-13-14-15-16-21(23)22-17-19-26-28(24,25-2)27-20-18-22/h3-20H2,1-2H3. The lowest BCUT2D eigenvalue weighted by Gasteiger charge is -2.30. The van der Waals surface area contributed by atoms with E-state index in [-0.39, 0.29) is 19.1 Å². The molecule has 0 spiro atoms. The molecule has 0 radical (unpaired) electrons. The Balaban J connectivity index is 1.94. The zero-order valence-corrected chi connectivity index (χ0v) is 19.1. The molecule has 1 saturated heterocycles. The van der Waals surface area contributed by atoms with Crippen LogP contribution in [0.1, 0.15) is 96.8 Å². The van der Waals surface area contributed by atoms with E-state index in [4.69, 9.17) is 13.6 Å². The summed E-state index contributed by atoms with van der Waals surface area (Å²) in [5.74, 6) is 0.129. The molecule has 1 aliphatic heterocycles. The van der Waals surface area contributed by atoms with Crippen molar-refractivity contribution < 1.29 is 23.3 Å². The highest BCUT2D eigenvalue weighted by atomic mass is 31.2. The van der Waals surface area contributed by atoms with Crippen LogP contribution in [0.15, 0.2) is 0 Å². The minimum atomic E-state index is -3.41. The molecule has 0 atom stereocenters.